The maximum atomic E-state index is 11.8. The highest BCUT2D eigenvalue weighted by molar-refractivity contribution is 6.39. The number of Topliss-reactive ketones (excluding diaryl/α,β-unsaturated/α-hetero) is 2. The summed E-state index contributed by atoms with van der Waals surface area (Å²) in [5.41, 5.74) is 6.54. The quantitative estimate of drug-likeness (QED) is 0.153. The first-order valence-electron chi connectivity index (χ1n) is 17.3. The van der Waals surface area contributed by atoms with E-state index in [0.29, 0.717) is 33.9 Å². The van der Waals surface area contributed by atoms with E-state index in [9.17, 15) is 9.59 Å². The Hall–Kier alpha value is -3.82. The topological polar surface area (TPSA) is 84.9 Å². The second kappa shape index (κ2) is 16.0. The normalized spacial score (nSPS) is 16.4. The summed E-state index contributed by atoms with van der Waals surface area (Å²) in [5.74, 6) is 2.22. The van der Waals surface area contributed by atoms with Crippen LogP contribution in [0.5, 0.6) is 11.6 Å². The number of likely N-dealkylation sites (tertiary alicyclic amines) is 2. The number of carbonyl (C=O) groups excluding carboxylic acids is 2. The highest BCUT2D eigenvalue weighted by Gasteiger charge is 2.25. The highest BCUT2D eigenvalue weighted by atomic mass is 35.5. The zero-order valence-electron chi connectivity index (χ0n) is 29.2. The average molecular weight is 716 g/mol. The van der Waals surface area contributed by atoms with Crippen molar-refractivity contribution >= 4 is 34.8 Å². The number of halogens is 2. The van der Waals surface area contributed by atoms with Gasteiger partial charge in [-0.3, -0.25) is 24.4 Å². The highest BCUT2D eigenvalue weighted by Crippen LogP contribution is 2.42. The van der Waals surface area contributed by atoms with Gasteiger partial charge in [0.1, 0.15) is 17.3 Å². The minimum atomic E-state index is 0.162. The van der Waals surface area contributed by atoms with Crippen LogP contribution in [0.15, 0.2) is 60.8 Å². The van der Waals surface area contributed by atoms with Crippen molar-refractivity contribution in [3.05, 3.63) is 82.0 Å². The van der Waals surface area contributed by atoms with E-state index in [2.05, 4.69) is 20.9 Å². The zero-order valence-corrected chi connectivity index (χ0v) is 30.7. The van der Waals surface area contributed by atoms with Crippen LogP contribution < -0.4 is 9.47 Å². The minimum absolute atomic E-state index is 0.162. The van der Waals surface area contributed by atoms with Crippen molar-refractivity contribution in [2.75, 3.05) is 40.4 Å². The molecule has 2 saturated heterocycles. The maximum Gasteiger partial charge on any atom is 0.218 e. The van der Waals surface area contributed by atoms with E-state index >= 15 is 0 Å². The van der Waals surface area contributed by atoms with Gasteiger partial charge in [0.2, 0.25) is 5.88 Å². The number of carbonyl (C=O) groups is 2. The van der Waals surface area contributed by atoms with E-state index in [1.165, 1.54) is 0 Å². The maximum absolute atomic E-state index is 11.8. The molecular formula is C40H44Cl2N4O4. The lowest BCUT2D eigenvalue weighted by Gasteiger charge is -2.31. The number of nitrogens with zero attached hydrogens (tertiary/aromatic N) is 4. The van der Waals surface area contributed by atoms with Gasteiger partial charge < -0.3 is 9.47 Å². The zero-order chi connectivity index (χ0) is 35.4. The third-order valence-electron chi connectivity index (χ3n) is 10.3. The summed E-state index contributed by atoms with van der Waals surface area (Å²) in [6.45, 7) is 8.35. The Labute approximate surface area is 304 Å². The number of ketones is 2. The standard InChI is InChI=1S/C40H44Cl2N4O4/c1-25(47)27-13-18-45(19-14-27)23-30-9-8-29(22-36(30)49-3)39-38(42)33(12-17-43-39)32-6-5-7-34(37(32)41)35-11-10-31(40(44-35)50-4)24-46-20-15-28(16-21-46)26(2)48/h5-12,17,22,27-28H,13-16,18-21,23-24H2,1-4H3. The summed E-state index contributed by atoms with van der Waals surface area (Å²) in [6.07, 6.45) is 5.29. The fourth-order valence-corrected chi connectivity index (χ4v) is 7.85. The number of hydrogen-bond donors (Lipinski definition) is 0. The van der Waals surface area contributed by atoms with Crippen LogP contribution in [0.1, 0.15) is 50.7 Å². The van der Waals surface area contributed by atoms with Gasteiger partial charge in [0.25, 0.3) is 0 Å². The number of benzene rings is 2. The SMILES string of the molecule is COc1cc(-c2nccc(-c3cccc(-c4ccc(CN5CCC(C(C)=O)CC5)c(OC)n4)c3Cl)c2Cl)ccc1CN1CCC(C(C)=O)CC1. The molecule has 2 aliphatic rings. The van der Waals surface area contributed by atoms with Gasteiger partial charge in [-0.25, -0.2) is 4.98 Å². The largest absolute Gasteiger partial charge is 0.496 e. The molecule has 0 radical (unpaired) electrons. The fraction of sp³-hybridized carbons (Fsp3) is 0.400. The molecule has 10 heteroatoms. The number of rotatable bonds is 11. The van der Waals surface area contributed by atoms with Crippen LogP contribution in [0.4, 0.5) is 0 Å². The molecule has 0 atom stereocenters. The molecule has 0 saturated carbocycles. The number of pyridine rings is 2. The van der Waals surface area contributed by atoms with Crippen LogP contribution in [-0.4, -0.2) is 71.7 Å². The Morgan fingerprint density at radius 1 is 0.740 bits per heavy atom. The van der Waals surface area contributed by atoms with E-state index in [-0.39, 0.29) is 23.4 Å². The lowest BCUT2D eigenvalue weighted by atomic mass is 9.93. The number of methoxy groups -OCH3 is 2. The van der Waals surface area contributed by atoms with Crippen molar-refractivity contribution in [3.8, 4) is 45.3 Å². The molecule has 4 heterocycles. The molecule has 0 bridgehead atoms. The molecule has 6 rings (SSSR count). The predicted octanol–water partition coefficient (Wildman–Crippen LogP) is 8.40. The lowest BCUT2D eigenvalue weighted by Crippen LogP contribution is -2.35. The second-order valence-corrected chi connectivity index (χ2v) is 14.2. The molecule has 0 N–H and O–H groups in total. The number of aromatic nitrogens is 2. The third-order valence-corrected chi connectivity index (χ3v) is 11.0. The first kappa shape index (κ1) is 36.0. The van der Waals surface area contributed by atoms with E-state index < -0.39 is 0 Å². The van der Waals surface area contributed by atoms with Crippen LogP contribution in [0.25, 0.3) is 33.6 Å². The summed E-state index contributed by atoms with van der Waals surface area (Å²) in [6, 6.07) is 17.8. The number of hydrogen-bond acceptors (Lipinski definition) is 8. The molecular weight excluding hydrogens is 671 g/mol. The molecule has 50 heavy (non-hydrogen) atoms. The van der Waals surface area contributed by atoms with E-state index in [1.54, 1.807) is 34.3 Å². The third kappa shape index (κ3) is 7.89. The Bertz CT molecular complexity index is 1730. The van der Waals surface area contributed by atoms with Gasteiger partial charge in [0.15, 0.2) is 0 Å². The predicted molar refractivity (Wildman–Crippen MR) is 199 cm³/mol. The van der Waals surface area contributed by atoms with Crippen molar-refractivity contribution in [1.82, 2.24) is 19.8 Å². The molecule has 0 amide bonds. The van der Waals surface area contributed by atoms with Gasteiger partial charge in [0.05, 0.1) is 35.7 Å². The van der Waals surface area contributed by atoms with Gasteiger partial charge in [-0.2, -0.15) is 0 Å². The second-order valence-electron chi connectivity index (χ2n) is 13.4. The molecule has 2 aromatic heterocycles. The summed E-state index contributed by atoms with van der Waals surface area (Å²) < 4.78 is 11.6. The molecule has 0 unspecified atom stereocenters. The van der Waals surface area contributed by atoms with Crippen LogP contribution in [-0.2, 0) is 22.7 Å². The monoisotopic (exact) mass is 714 g/mol. The van der Waals surface area contributed by atoms with Gasteiger partial charge in [-0.15, -0.1) is 0 Å². The Balaban J connectivity index is 1.23. The Kier molecular flexibility index (Phi) is 11.5. The Morgan fingerprint density at radius 3 is 1.92 bits per heavy atom. The van der Waals surface area contributed by atoms with Crippen LogP contribution in [0.3, 0.4) is 0 Å². The molecule has 2 aromatic carbocycles. The van der Waals surface area contributed by atoms with E-state index in [4.69, 9.17) is 37.7 Å². The van der Waals surface area contributed by atoms with Gasteiger partial charge in [0, 0.05) is 64.5 Å². The van der Waals surface area contributed by atoms with Gasteiger partial charge in [-0.05, 0) is 83.9 Å². The van der Waals surface area contributed by atoms with Gasteiger partial charge in [-0.1, -0.05) is 59.6 Å². The Morgan fingerprint density at radius 2 is 1.32 bits per heavy atom. The lowest BCUT2D eigenvalue weighted by molar-refractivity contribution is -0.122. The molecule has 0 spiro atoms. The van der Waals surface area contributed by atoms with Gasteiger partial charge >= 0.3 is 0 Å². The molecule has 8 nitrogen and oxygen atoms in total. The first-order chi connectivity index (χ1) is 24.2. The van der Waals surface area contributed by atoms with Crippen molar-refractivity contribution < 1.29 is 19.1 Å². The van der Waals surface area contributed by atoms with E-state index in [1.807, 2.05) is 48.5 Å². The van der Waals surface area contributed by atoms with Crippen LogP contribution in [0.2, 0.25) is 10.0 Å². The summed E-state index contributed by atoms with van der Waals surface area (Å²) in [7, 11) is 3.31. The summed E-state index contributed by atoms with van der Waals surface area (Å²) in [4.78, 5) is 37.9. The smallest absolute Gasteiger partial charge is 0.218 e. The number of piperidine rings is 2. The fourth-order valence-electron chi connectivity index (χ4n) is 7.21. The van der Waals surface area contributed by atoms with Crippen LogP contribution >= 0.6 is 23.2 Å². The molecule has 0 aliphatic carbocycles. The average Bonchev–Trinajstić information content (AvgIpc) is 3.13. The van der Waals surface area contributed by atoms with Crippen LogP contribution in [0, 0.1) is 11.8 Å². The molecule has 2 fully saturated rings. The van der Waals surface area contributed by atoms with Crippen molar-refractivity contribution in [3.63, 3.8) is 0 Å². The first-order valence-corrected chi connectivity index (χ1v) is 18.0. The molecule has 2 aliphatic heterocycles. The number of ether oxygens (including phenoxy) is 2. The van der Waals surface area contributed by atoms with Crippen molar-refractivity contribution in [1.29, 1.82) is 0 Å². The summed E-state index contributed by atoms with van der Waals surface area (Å²) >= 11 is 14.2. The minimum Gasteiger partial charge on any atom is -0.496 e. The summed E-state index contributed by atoms with van der Waals surface area (Å²) in [5, 5.41) is 1.02. The molecule has 4 aromatic rings. The van der Waals surface area contributed by atoms with E-state index in [0.717, 1.165) is 97.5 Å². The van der Waals surface area contributed by atoms with Crippen molar-refractivity contribution in [2.24, 2.45) is 11.8 Å². The molecule has 262 valence electrons. The van der Waals surface area contributed by atoms with Crippen molar-refractivity contribution in [2.45, 2.75) is 52.6 Å².